The van der Waals surface area contributed by atoms with Crippen molar-refractivity contribution in [3.05, 3.63) is 42.2 Å². The Morgan fingerprint density at radius 1 is 1.00 bits per heavy atom. The van der Waals surface area contributed by atoms with Gasteiger partial charge in [-0.3, -0.25) is 0 Å². The first-order valence-electron chi connectivity index (χ1n) is 5.25. The van der Waals surface area contributed by atoms with Crippen LogP contribution in [0.4, 0.5) is 0 Å². The van der Waals surface area contributed by atoms with Crippen molar-refractivity contribution < 1.29 is 0 Å². The maximum Gasteiger partial charge on any atom is 0.0484 e. The predicted molar refractivity (Wildman–Crippen MR) is 60.7 cm³/mol. The summed E-state index contributed by atoms with van der Waals surface area (Å²) >= 11 is 0. The lowest BCUT2D eigenvalue weighted by molar-refractivity contribution is 0.538. The van der Waals surface area contributed by atoms with Crippen molar-refractivity contribution in [2.24, 2.45) is 5.92 Å². The highest BCUT2D eigenvalue weighted by molar-refractivity contribution is 5.57. The summed E-state index contributed by atoms with van der Waals surface area (Å²) in [7, 11) is 0. The molecule has 2 heterocycles. The Balaban J connectivity index is 2.53. The number of rotatable bonds is 2. The minimum atomic E-state index is 0.627. The first-order valence-corrected chi connectivity index (χ1v) is 5.25. The molecular formula is C13H17N. The number of hydrogen-bond acceptors (Lipinski definition) is 0. The van der Waals surface area contributed by atoms with E-state index in [0.29, 0.717) is 11.8 Å². The maximum absolute atomic E-state index is 2.30. The van der Waals surface area contributed by atoms with Crippen LogP contribution in [0.5, 0.6) is 0 Å². The van der Waals surface area contributed by atoms with Crippen LogP contribution < -0.4 is 0 Å². The van der Waals surface area contributed by atoms with Crippen LogP contribution in [0.15, 0.2) is 36.7 Å². The summed E-state index contributed by atoms with van der Waals surface area (Å²) in [5.74, 6) is 1.32. The first-order chi connectivity index (χ1) is 6.70. The van der Waals surface area contributed by atoms with Crippen LogP contribution in [0.3, 0.4) is 0 Å². The third kappa shape index (κ3) is 1.43. The van der Waals surface area contributed by atoms with Crippen LogP contribution in [0, 0.1) is 5.92 Å². The topological polar surface area (TPSA) is 4.41 Å². The van der Waals surface area contributed by atoms with Gasteiger partial charge in [0.2, 0.25) is 0 Å². The van der Waals surface area contributed by atoms with E-state index in [1.54, 1.807) is 0 Å². The average molecular weight is 187 g/mol. The third-order valence-electron chi connectivity index (χ3n) is 3.09. The van der Waals surface area contributed by atoms with Gasteiger partial charge in [-0.15, -0.1) is 0 Å². The molecule has 1 heteroatoms. The molecule has 1 nitrogen and oxygen atoms in total. The van der Waals surface area contributed by atoms with Gasteiger partial charge >= 0.3 is 0 Å². The van der Waals surface area contributed by atoms with Crippen LogP contribution in [-0.4, -0.2) is 4.40 Å². The lowest BCUT2D eigenvalue weighted by Gasteiger charge is -2.14. The molecule has 1 unspecified atom stereocenters. The second kappa shape index (κ2) is 3.49. The first kappa shape index (κ1) is 9.32. The molecule has 0 saturated heterocycles. The Morgan fingerprint density at radius 3 is 2.50 bits per heavy atom. The molecule has 2 aromatic rings. The molecule has 0 aliphatic carbocycles. The molecule has 0 bridgehead atoms. The van der Waals surface area contributed by atoms with Gasteiger partial charge in [0.15, 0.2) is 0 Å². The van der Waals surface area contributed by atoms with E-state index in [1.165, 1.54) is 11.1 Å². The molecule has 0 aliphatic rings. The zero-order valence-corrected chi connectivity index (χ0v) is 9.07. The van der Waals surface area contributed by atoms with Crippen molar-refractivity contribution in [2.45, 2.75) is 26.7 Å². The summed E-state index contributed by atoms with van der Waals surface area (Å²) in [5, 5.41) is 0. The van der Waals surface area contributed by atoms with Crippen LogP contribution in [0.2, 0.25) is 0 Å². The van der Waals surface area contributed by atoms with E-state index in [9.17, 15) is 0 Å². The fourth-order valence-corrected chi connectivity index (χ4v) is 1.82. The van der Waals surface area contributed by atoms with E-state index in [-0.39, 0.29) is 0 Å². The molecule has 2 aromatic heterocycles. The van der Waals surface area contributed by atoms with Gasteiger partial charge in [0, 0.05) is 17.9 Å². The van der Waals surface area contributed by atoms with Crippen LogP contribution in [-0.2, 0) is 0 Å². The third-order valence-corrected chi connectivity index (χ3v) is 3.09. The number of nitrogens with zero attached hydrogens (tertiary/aromatic N) is 1. The van der Waals surface area contributed by atoms with E-state index in [0.717, 1.165) is 0 Å². The lowest BCUT2D eigenvalue weighted by Crippen LogP contribution is -2.01. The number of hydrogen-bond donors (Lipinski definition) is 0. The normalized spacial score (nSPS) is 13.7. The number of fused-ring (bicyclic) bond motifs is 1. The molecule has 0 fully saturated rings. The van der Waals surface area contributed by atoms with Gasteiger partial charge < -0.3 is 4.40 Å². The average Bonchev–Trinajstić information content (AvgIpc) is 2.60. The standard InChI is InChI=1S/C13H17N/c1-10(2)11(3)12-7-9-14-8-5-4-6-13(12)14/h4-11H,1-3H3. The van der Waals surface area contributed by atoms with Crippen molar-refractivity contribution >= 4 is 5.52 Å². The Labute approximate surface area is 85.4 Å². The van der Waals surface area contributed by atoms with Gasteiger partial charge in [-0.05, 0) is 35.6 Å². The van der Waals surface area contributed by atoms with Gasteiger partial charge in [-0.1, -0.05) is 26.8 Å². The smallest absolute Gasteiger partial charge is 0.0484 e. The number of aromatic nitrogens is 1. The summed E-state index contributed by atoms with van der Waals surface area (Å²) in [5.41, 5.74) is 2.80. The molecule has 0 amide bonds. The Bertz CT molecular complexity index is 425. The molecule has 0 N–H and O–H groups in total. The summed E-state index contributed by atoms with van der Waals surface area (Å²) < 4.78 is 2.19. The molecule has 2 rings (SSSR count). The largest absolute Gasteiger partial charge is 0.324 e. The van der Waals surface area contributed by atoms with Gasteiger partial charge in [-0.2, -0.15) is 0 Å². The highest BCUT2D eigenvalue weighted by atomic mass is 14.8. The number of pyridine rings is 1. The molecule has 0 radical (unpaired) electrons. The highest BCUT2D eigenvalue weighted by Gasteiger charge is 2.13. The van der Waals surface area contributed by atoms with Crippen LogP contribution in [0.25, 0.3) is 5.52 Å². The summed E-state index contributed by atoms with van der Waals surface area (Å²) in [6.07, 6.45) is 4.25. The quantitative estimate of drug-likeness (QED) is 0.675. The van der Waals surface area contributed by atoms with Crippen molar-refractivity contribution in [1.82, 2.24) is 4.40 Å². The minimum absolute atomic E-state index is 0.627. The van der Waals surface area contributed by atoms with Crippen LogP contribution in [0.1, 0.15) is 32.3 Å². The van der Waals surface area contributed by atoms with Crippen molar-refractivity contribution in [2.75, 3.05) is 0 Å². The van der Waals surface area contributed by atoms with Crippen molar-refractivity contribution in [3.8, 4) is 0 Å². The molecule has 74 valence electrons. The van der Waals surface area contributed by atoms with E-state index in [4.69, 9.17) is 0 Å². The monoisotopic (exact) mass is 187 g/mol. The minimum Gasteiger partial charge on any atom is -0.324 e. The lowest BCUT2D eigenvalue weighted by atomic mass is 9.91. The SMILES string of the molecule is CC(C)C(C)c1ccn2ccccc12. The zero-order valence-electron chi connectivity index (χ0n) is 9.07. The zero-order chi connectivity index (χ0) is 10.1. The van der Waals surface area contributed by atoms with E-state index < -0.39 is 0 Å². The van der Waals surface area contributed by atoms with Crippen molar-refractivity contribution in [1.29, 1.82) is 0 Å². The predicted octanol–water partition coefficient (Wildman–Crippen LogP) is 3.70. The molecule has 0 aliphatic heterocycles. The van der Waals surface area contributed by atoms with E-state index in [2.05, 4.69) is 61.8 Å². The van der Waals surface area contributed by atoms with Crippen molar-refractivity contribution in [3.63, 3.8) is 0 Å². The van der Waals surface area contributed by atoms with Crippen LogP contribution >= 0.6 is 0 Å². The molecule has 1 atom stereocenters. The second-order valence-corrected chi connectivity index (χ2v) is 4.30. The molecular weight excluding hydrogens is 170 g/mol. The van der Waals surface area contributed by atoms with Gasteiger partial charge in [0.1, 0.15) is 0 Å². The summed E-state index contributed by atoms with van der Waals surface area (Å²) in [6.45, 7) is 6.85. The fraction of sp³-hybridized carbons (Fsp3) is 0.385. The summed E-state index contributed by atoms with van der Waals surface area (Å²) in [6, 6.07) is 8.59. The molecule has 0 aromatic carbocycles. The highest BCUT2D eigenvalue weighted by Crippen LogP contribution is 2.27. The Hall–Kier alpha value is -1.24. The maximum atomic E-state index is 2.30. The van der Waals surface area contributed by atoms with Gasteiger partial charge in [0.05, 0.1) is 0 Å². The molecule has 0 saturated carbocycles. The van der Waals surface area contributed by atoms with E-state index in [1.807, 2.05) is 0 Å². The summed E-state index contributed by atoms with van der Waals surface area (Å²) in [4.78, 5) is 0. The Morgan fingerprint density at radius 2 is 1.79 bits per heavy atom. The fourth-order valence-electron chi connectivity index (χ4n) is 1.82. The van der Waals surface area contributed by atoms with E-state index >= 15 is 0 Å². The second-order valence-electron chi connectivity index (χ2n) is 4.30. The van der Waals surface area contributed by atoms with Gasteiger partial charge in [0.25, 0.3) is 0 Å². The Kier molecular flexibility index (Phi) is 2.32. The van der Waals surface area contributed by atoms with Gasteiger partial charge in [-0.25, -0.2) is 0 Å². The molecule has 14 heavy (non-hydrogen) atoms. The molecule has 0 spiro atoms.